The molecule has 0 aliphatic carbocycles. The van der Waals surface area contributed by atoms with Crippen molar-refractivity contribution in [2.75, 3.05) is 37.7 Å². The number of carbonyl (C=O) groups excluding carboxylic acids is 3. The van der Waals surface area contributed by atoms with Crippen LogP contribution in [-0.4, -0.2) is 86.3 Å². The molecule has 6 atom stereocenters. The zero-order chi connectivity index (χ0) is 27.8. The molecule has 3 aliphatic rings. The molecule has 206 valence electrons. The fourth-order valence-electron chi connectivity index (χ4n) is 6.77. The largest absolute Gasteiger partial charge is 0.395 e. The maximum Gasteiger partial charge on any atom is 0.251 e. The minimum Gasteiger partial charge on any atom is -0.395 e. The average molecular weight is 605 g/mol. The second-order valence-electron chi connectivity index (χ2n) is 10.5. The zero-order valence-electron chi connectivity index (χ0n) is 22.4. The summed E-state index contributed by atoms with van der Waals surface area (Å²) in [5.41, 5.74) is 2.73. The Morgan fingerprint density at radius 3 is 2.45 bits per heavy atom. The highest BCUT2D eigenvalue weighted by Gasteiger charge is 2.76. The Bertz CT molecular complexity index is 1110. The first kappa shape index (κ1) is 28.9. The van der Waals surface area contributed by atoms with Gasteiger partial charge >= 0.3 is 0 Å². The van der Waals surface area contributed by atoms with Crippen LogP contribution < -0.4 is 4.90 Å². The molecule has 0 saturated carbocycles. The van der Waals surface area contributed by atoms with E-state index in [1.807, 2.05) is 39.0 Å². The molecule has 9 heteroatoms. The second kappa shape index (κ2) is 11.6. The van der Waals surface area contributed by atoms with Gasteiger partial charge in [0.25, 0.3) is 5.91 Å². The van der Waals surface area contributed by atoms with Crippen molar-refractivity contribution in [1.82, 2.24) is 9.80 Å². The summed E-state index contributed by atoms with van der Waals surface area (Å²) in [4.78, 5) is 47.7. The number of hydrogen-bond acceptors (Lipinski definition) is 5. The maximum atomic E-state index is 14.6. The van der Waals surface area contributed by atoms with Crippen LogP contribution in [0.4, 0.5) is 5.69 Å². The van der Waals surface area contributed by atoms with Gasteiger partial charge in [0.15, 0.2) is 0 Å². The van der Waals surface area contributed by atoms with Gasteiger partial charge < -0.3 is 19.8 Å². The number of β-amino-alcohol motifs (C(OH)–C–C–N with tert-alkyl or cyclic N) is 1. The molecule has 7 nitrogen and oxygen atoms in total. The number of aliphatic hydroxyl groups is 1. The van der Waals surface area contributed by atoms with Gasteiger partial charge in [-0.2, -0.15) is 0 Å². The lowest BCUT2D eigenvalue weighted by Crippen LogP contribution is -2.56. The molecular formula is C29H38BrN3O4S. The maximum absolute atomic E-state index is 14.6. The van der Waals surface area contributed by atoms with E-state index in [0.717, 1.165) is 23.2 Å². The molecule has 3 aliphatic heterocycles. The standard InChI is InChI=1S/C29H38BrN3O4S/c1-6-12-31(13-7-2)26(35)21-22-27(36)33(15-16-34)25(29(22)17-20(30)24(21)38-29)28(37)32(14-8-3)23-18(4)10-9-11-19(23)5/h6,8-11,20-22,24-25,34H,1,3,7,12-17H2,2,4-5H3/t20?,21-,22+,24-,25?,29?/m1/s1. The molecule has 3 unspecified atom stereocenters. The van der Waals surface area contributed by atoms with Gasteiger partial charge in [-0.25, -0.2) is 0 Å². The summed E-state index contributed by atoms with van der Waals surface area (Å²) in [5, 5.41) is 9.83. The summed E-state index contributed by atoms with van der Waals surface area (Å²) in [6.45, 7) is 14.8. The fourth-order valence-corrected chi connectivity index (χ4v) is 10.4. The normalized spacial score (nSPS) is 29.3. The number of halogens is 1. The second-order valence-corrected chi connectivity index (χ2v) is 13.2. The van der Waals surface area contributed by atoms with Crippen molar-refractivity contribution in [3.63, 3.8) is 0 Å². The van der Waals surface area contributed by atoms with Gasteiger partial charge in [0.05, 0.1) is 23.2 Å². The quantitative estimate of drug-likeness (QED) is 0.308. The predicted molar refractivity (Wildman–Crippen MR) is 157 cm³/mol. The number of thioether (sulfide) groups is 1. The van der Waals surface area contributed by atoms with Crippen molar-refractivity contribution in [3.05, 3.63) is 54.6 Å². The third kappa shape index (κ3) is 4.54. The minimum atomic E-state index is -0.794. The summed E-state index contributed by atoms with van der Waals surface area (Å²) in [6.07, 6.45) is 4.82. The molecule has 3 amide bonds. The van der Waals surface area contributed by atoms with Crippen LogP contribution in [0.25, 0.3) is 0 Å². The van der Waals surface area contributed by atoms with Crippen LogP contribution in [0.5, 0.6) is 0 Å². The lowest BCUT2D eigenvalue weighted by Gasteiger charge is -2.39. The van der Waals surface area contributed by atoms with E-state index in [-0.39, 0.29) is 41.0 Å². The summed E-state index contributed by atoms with van der Waals surface area (Å²) in [5.74, 6) is -1.61. The number of likely N-dealkylation sites (tertiary alicyclic amines) is 1. The lowest BCUT2D eigenvalue weighted by molar-refractivity contribution is -0.144. The molecule has 1 aromatic rings. The van der Waals surface area contributed by atoms with Gasteiger partial charge in [0.2, 0.25) is 11.8 Å². The first-order chi connectivity index (χ1) is 18.2. The van der Waals surface area contributed by atoms with Crippen molar-refractivity contribution < 1.29 is 19.5 Å². The molecule has 1 N–H and O–H groups in total. The van der Waals surface area contributed by atoms with Crippen LogP contribution in [0.3, 0.4) is 0 Å². The number of carbonyl (C=O) groups is 3. The van der Waals surface area contributed by atoms with Crippen LogP contribution in [0.15, 0.2) is 43.5 Å². The molecule has 0 aromatic heterocycles. The van der Waals surface area contributed by atoms with Crippen LogP contribution in [0.2, 0.25) is 0 Å². The number of anilines is 1. The third-order valence-corrected chi connectivity index (χ3v) is 11.3. The van der Waals surface area contributed by atoms with E-state index in [1.54, 1.807) is 38.6 Å². The number of fused-ring (bicyclic) bond motifs is 1. The zero-order valence-corrected chi connectivity index (χ0v) is 24.8. The molecule has 3 fully saturated rings. The van der Waals surface area contributed by atoms with Crippen molar-refractivity contribution in [1.29, 1.82) is 0 Å². The first-order valence-corrected chi connectivity index (χ1v) is 15.1. The number of hydrogen-bond donors (Lipinski definition) is 1. The van der Waals surface area contributed by atoms with Crippen molar-refractivity contribution >= 4 is 51.1 Å². The van der Waals surface area contributed by atoms with Gasteiger partial charge in [0, 0.05) is 41.9 Å². The smallest absolute Gasteiger partial charge is 0.251 e. The Morgan fingerprint density at radius 2 is 1.87 bits per heavy atom. The van der Waals surface area contributed by atoms with Gasteiger partial charge in [-0.1, -0.05) is 53.2 Å². The Morgan fingerprint density at radius 1 is 1.21 bits per heavy atom. The van der Waals surface area contributed by atoms with Gasteiger partial charge in [-0.3, -0.25) is 14.4 Å². The topological polar surface area (TPSA) is 81.2 Å². The molecule has 2 bridgehead atoms. The Kier molecular flexibility index (Phi) is 8.79. The van der Waals surface area contributed by atoms with E-state index in [4.69, 9.17) is 0 Å². The van der Waals surface area contributed by atoms with Gasteiger partial charge in [-0.05, 0) is 37.8 Å². The number of aliphatic hydroxyl groups excluding tert-OH is 1. The van der Waals surface area contributed by atoms with Crippen LogP contribution in [0.1, 0.15) is 30.9 Å². The van der Waals surface area contributed by atoms with Gasteiger partial charge in [-0.15, -0.1) is 24.9 Å². The number of alkyl halides is 1. The van der Waals surface area contributed by atoms with E-state index in [2.05, 4.69) is 29.1 Å². The van der Waals surface area contributed by atoms with E-state index in [9.17, 15) is 19.5 Å². The Hall–Kier alpha value is -2.10. The number of aryl methyl sites for hydroxylation is 2. The highest BCUT2D eigenvalue weighted by molar-refractivity contribution is 9.09. The molecule has 38 heavy (non-hydrogen) atoms. The number of amides is 3. The number of para-hydroxylation sites is 1. The van der Waals surface area contributed by atoms with E-state index < -0.39 is 22.6 Å². The van der Waals surface area contributed by atoms with E-state index >= 15 is 0 Å². The molecule has 1 spiro atoms. The first-order valence-electron chi connectivity index (χ1n) is 13.3. The summed E-state index contributed by atoms with van der Waals surface area (Å²) >= 11 is 5.44. The number of benzene rings is 1. The SMILES string of the molecule is C=CCN(CCC)C(=O)[C@H]1[C@@H]2SC3(CC2Br)C(C(=O)N(CC=C)c2c(C)cccc2C)N(CCO)C(=O)[C@H]13. The Balaban J connectivity index is 1.81. The summed E-state index contributed by atoms with van der Waals surface area (Å²) < 4.78 is -0.759. The van der Waals surface area contributed by atoms with Crippen molar-refractivity contribution in [3.8, 4) is 0 Å². The fraction of sp³-hybridized carbons (Fsp3) is 0.552. The summed E-state index contributed by atoms with van der Waals surface area (Å²) in [7, 11) is 0. The average Bonchev–Trinajstić information content (AvgIpc) is 3.46. The molecule has 0 radical (unpaired) electrons. The molecule has 3 heterocycles. The predicted octanol–water partition coefficient (Wildman–Crippen LogP) is 3.70. The molecular weight excluding hydrogens is 566 g/mol. The highest BCUT2D eigenvalue weighted by Crippen LogP contribution is 2.68. The molecule has 3 saturated heterocycles. The van der Waals surface area contributed by atoms with Crippen LogP contribution in [-0.2, 0) is 14.4 Å². The van der Waals surface area contributed by atoms with Crippen LogP contribution in [0, 0.1) is 25.7 Å². The molecule has 4 rings (SSSR count). The monoisotopic (exact) mass is 603 g/mol. The third-order valence-electron chi connectivity index (χ3n) is 8.09. The molecule has 1 aromatic carbocycles. The lowest BCUT2D eigenvalue weighted by atomic mass is 9.70. The van der Waals surface area contributed by atoms with Gasteiger partial charge in [0.1, 0.15) is 6.04 Å². The van der Waals surface area contributed by atoms with Crippen LogP contribution >= 0.6 is 27.7 Å². The minimum absolute atomic E-state index is 0.00450. The Labute approximate surface area is 238 Å². The van der Waals surface area contributed by atoms with E-state index in [1.165, 1.54) is 0 Å². The van der Waals surface area contributed by atoms with Crippen molar-refractivity contribution in [2.24, 2.45) is 11.8 Å². The number of nitrogens with zero attached hydrogens (tertiary/aromatic N) is 3. The van der Waals surface area contributed by atoms with Crippen molar-refractivity contribution in [2.45, 2.75) is 54.5 Å². The van der Waals surface area contributed by atoms with E-state index in [0.29, 0.717) is 26.1 Å². The highest BCUT2D eigenvalue weighted by atomic mass is 79.9. The summed E-state index contributed by atoms with van der Waals surface area (Å²) in [6, 6.07) is 5.11. The number of rotatable bonds is 11.